The third-order valence-electron chi connectivity index (χ3n) is 14.1. The summed E-state index contributed by atoms with van der Waals surface area (Å²) >= 11 is 0. The summed E-state index contributed by atoms with van der Waals surface area (Å²) in [6, 6.07) is 0. The van der Waals surface area contributed by atoms with Crippen LogP contribution in [-0.2, 0) is 28.6 Å². The lowest BCUT2D eigenvalue weighted by Gasteiger charge is -2.18. The summed E-state index contributed by atoms with van der Waals surface area (Å²) in [6.07, 6.45) is 95.9. The number of unbranched alkanes of at least 4 members (excludes halogenated alkanes) is 27. The van der Waals surface area contributed by atoms with Crippen molar-refractivity contribution >= 4 is 17.9 Å². The van der Waals surface area contributed by atoms with E-state index in [0.717, 1.165) is 148 Å². The Kier molecular flexibility index (Phi) is 64.3. The van der Waals surface area contributed by atoms with E-state index in [4.69, 9.17) is 14.2 Å². The molecule has 0 saturated carbocycles. The van der Waals surface area contributed by atoms with Crippen molar-refractivity contribution in [3.05, 3.63) is 134 Å². The monoisotopic (exact) mass is 1120 g/mol. The molecule has 6 heteroatoms. The zero-order valence-corrected chi connectivity index (χ0v) is 52.8. The fourth-order valence-electron chi connectivity index (χ4n) is 9.07. The molecule has 0 heterocycles. The zero-order valence-electron chi connectivity index (χ0n) is 52.8. The lowest BCUT2D eigenvalue weighted by molar-refractivity contribution is -0.167. The van der Waals surface area contributed by atoms with Gasteiger partial charge in [0, 0.05) is 19.3 Å². The van der Waals surface area contributed by atoms with Gasteiger partial charge in [-0.2, -0.15) is 0 Å². The van der Waals surface area contributed by atoms with Gasteiger partial charge in [0.1, 0.15) is 13.2 Å². The number of hydrogen-bond acceptors (Lipinski definition) is 6. The van der Waals surface area contributed by atoms with Crippen molar-refractivity contribution in [3.63, 3.8) is 0 Å². The molecule has 81 heavy (non-hydrogen) atoms. The van der Waals surface area contributed by atoms with Gasteiger partial charge in [0.25, 0.3) is 0 Å². The predicted octanol–water partition coefficient (Wildman–Crippen LogP) is 23.3. The molecule has 0 N–H and O–H groups in total. The highest BCUT2D eigenvalue weighted by atomic mass is 16.6. The summed E-state index contributed by atoms with van der Waals surface area (Å²) < 4.78 is 16.9. The van der Waals surface area contributed by atoms with E-state index < -0.39 is 6.10 Å². The Morgan fingerprint density at radius 2 is 0.481 bits per heavy atom. The fourth-order valence-corrected chi connectivity index (χ4v) is 9.07. The Balaban J connectivity index is 4.40. The first kappa shape index (κ1) is 76.5. The lowest BCUT2D eigenvalue weighted by atomic mass is 10.1. The van der Waals surface area contributed by atoms with Crippen LogP contribution in [-0.4, -0.2) is 37.2 Å². The van der Waals surface area contributed by atoms with Crippen molar-refractivity contribution in [1.82, 2.24) is 0 Å². The molecule has 0 aliphatic rings. The van der Waals surface area contributed by atoms with E-state index in [1.807, 2.05) is 0 Å². The summed E-state index contributed by atoms with van der Waals surface area (Å²) in [5.41, 5.74) is 0. The Morgan fingerprint density at radius 1 is 0.259 bits per heavy atom. The van der Waals surface area contributed by atoms with Crippen LogP contribution < -0.4 is 0 Å². The summed E-state index contributed by atoms with van der Waals surface area (Å²) in [5, 5.41) is 0. The van der Waals surface area contributed by atoms with Crippen molar-refractivity contribution in [2.24, 2.45) is 0 Å². The fraction of sp³-hybridized carbons (Fsp3) is 0.667. The second-order valence-corrected chi connectivity index (χ2v) is 22.0. The van der Waals surface area contributed by atoms with E-state index in [-0.39, 0.29) is 31.1 Å². The van der Waals surface area contributed by atoms with E-state index in [1.165, 1.54) is 116 Å². The first-order chi connectivity index (χ1) is 40.0. The molecule has 0 saturated heterocycles. The van der Waals surface area contributed by atoms with Crippen molar-refractivity contribution < 1.29 is 28.6 Å². The average molecular weight is 1120 g/mol. The second kappa shape index (κ2) is 68.1. The Bertz CT molecular complexity index is 1720. The van der Waals surface area contributed by atoms with Crippen LogP contribution in [0.4, 0.5) is 0 Å². The standard InChI is InChI=1S/C75H124O6/c1-4-7-10-13-16-19-22-25-28-31-33-34-35-36-37-38-39-40-41-42-43-45-47-50-53-56-59-62-65-68-74(77)80-71-72(70-79-73(76)67-64-61-58-55-52-49-46-30-27-24-21-18-15-12-9-6-3)81-75(78)69-66-63-60-57-54-51-48-44-32-29-26-23-20-17-14-11-8-5-2/h7,10,16,19-21,23-25,28-30,32-34,36-37,39-40,42-43,46,72H,4-6,8-9,11-15,17-18,22,26-27,31,35,38,41,44-45,47-71H2,1-3H3/b10-7-,19-16-,23-20-,24-21-,28-25-,32-29-,34-33-,37-36-,40-39-,43-42-,46-30-. The molecule has 0 aromatic carbocycles. The van der Waals surface area contributed by atoms with Gasteiger partial charge < -0.3 is 14.2 Å². The molecule has 1 unspecified atom stereocenters. The summed E-state index contributed by atoms with van der Waals surface area (Å²) in [4.78, 5) is 38.4. The Morgan fingerprint density at radius 3 is 0.753 bits per heavy atom. The highest BCUT2D eigenvalue weighted by Crippen LogP contribution is 2.15. The number of ether oxygens (including phenoxy) is 3. The first-order valence-corrected chi connectivity index (χ1v) is 33.7. The molecule has 0 fully saturated rings. The number of esters is 3. The van der Waals surface area contributed by atoms with Crippen molar-refractivity contribution in [2.45, 2.75) is 309 Å². The van der Waals surface area contributed by atoms with Crippen molar-refractivity contribution in [2.75, 3.05) is 13.2 Å². The van der Waals surface area contributed by atoms with Crippen molar-refractivity contribution in [3.8, 4) is 0 Å². The van der Waals surface area contributed by atoms with Gasteiger partial charge in [0.05, 0.1) is 0 Å². The Labute approximate surface area is 500 Å². The topological polar surface area (TPSA) is 78.9 Å². The molecule has 0 rings (SSSR count). The normalized spacial score (nSPS) is 13.0. The van der Waals surface area contributed by atoms with E-state index in [2.05, 4.69) is 154 Å². The van der Waals surface area contributed by atoms with E-state index in [9.17, 15) is 14.4 Å². The highest BCUT2D eigenvalue weighted by Gasteiger charge is 2.19. The number of allylic oxidation sites excluding steroid dienone is 22. The molecule has 0 aliphatic carbocycles. The molecular weight excluding hydrogens is 997 g/mol. The molecule has 0 bridgehead atoms. The van der Waals surface area contributed by atoms with Gasteiger partial charge in [-0.15, -0.1) is 0 Å². The van der Waals surface area contributed by atoms with Gasteiger partial charge in [0.15, 0.2) is 6.10 Å². The molecule has 0 aromatic heterocycles. The van der Waals surface area contributed by atoms with Crippen molar-refractivity contribution in [1.29, 1.82) is 0 Å². The second-order valence-electron chi connectivity index (χ2n) is 22.0. The predicted molar refractivity (Wildman–Crippen MR) is 353 cm³/mol. The van der Waals surface area contributed by atoms with E-state index in [0.29, 0.717) is 19.3 Å². The maximum Gasteiger partial charge on any atom is 0.306 e. The zero-order chi connectivity index (χ0) is 58.5. The lowest BCUT2D eigenvalue weighted by Crippen LogP contribution is -2.30. The molecule has 0 spiro atoms. The number of rotatable bonds is 60. The summed E-state index contributed by atoms with van der Waals surface area (Å²) in [6.45, 7) is 6.48. The summed E-state index contributed by atoms with van der Waals surface area (Å²) in [7, 11) is 0. The van der Waals surface area contributed by atoms with E-state index in [1.54, 1.807) is 0 Å². The van der Waals surface area contributed by atoms with Crippen LogP contribution in [0.2, 0.25) is 0 Å². The molecule has 0 aliphatic heterocycles. The summed E-state index contributed by atoms with van der Waals surface area (Å²) in [5.74, 6) is -0.921. The number of carbonyl (C=O) groups is 3. The van der Waals surface area contributed by atoms with Crippen LogP contribution in [0.5, 0.6) is 0 Å². The number of hydrogen-bond donors (Lipinski definition) is 0. The third kappa shape index (κ3) is 66.2. The minimum atomic E-state index is -0.799. The number of carbonyl (C=O) groups excluding carboxylic acids is 3. The van der Waals surface area contributed by atoms with Gasteiger partial charge in [-0.05, 0) is 141 Å². The minimum absolute atomic E-state index is 0.0947. The largest absolute Gasteiger partial charge is 0.462 e. The SMILES string of the molecule is CC/C=C\C/C=C\C/C=C\C/C=C\C/C=C\C/C=C\C/C=C\CCCCCCCCCC(=O)OCC(COC(=O)CCCCCCC/C=C\C/C=C\CCCCCC)OC(=O)CCCCCCCCC/C=C\C/C=C\CCCCCC. The molecule has 0 aromatic rings. The van der Waals surface area contributed by atoms with Crippen LogP contribution in [0.1, 0.15) is 303 Å². The van der Waals surface area contributed by atoms with Gasteiger partial charge in [-0.25, -0.2) is 0 Å². The maximum atomic E-state index is 12.9. The molecule has 6 nitrogen and oxygen atoms in total. The maximum absolute atomic E-state index is 12.9. The highest BCUT2D eigenvalue weighted by molar-refractivity contribution is 5.71. The smallest absolute Gasteiger partial charge is 0.306 e. The Hall–Kier alpha value is -4.45. The molecule has 1 atom stereocenters. The van der Waals surface area contributed by atoms with Gasteiger partial charge in [-0.1, -0.05) is 276 Å². The van der Waals surface area contributed by atoms with E-state index >= 15 is 0 Å². The average Bonchev–Trinajstić information content (AvgIpc) is 3.47. The van der Waals surface area contributed by atoms with Crippen LogP contribution in [0, 0.1) is 0 Å². The first-order valence-electron chi connectivity index (χ1n) is 33.7. The van der Waals surface area contributed by atoms with Gasteiger partial charge in [-0.3, -0.25) is 14.4 Å². The van der Waals surface area contributed by atoms with Crippen LogP contribution >= 0.6 is 0 Å². The minimum Gasteiger partial charge on any atom is -0.462 e. The van der Waals surface area contributed by atoms with Crippen LogP contribution in [0.25, 0.3) is 0 Å². The quantitative estimate of drug-likeness (QED) is 0.0261. The molecular formula is C75H124O6. The molecule has 460 valence electrons. The van der Waals surface area contributed by atoms with Crippen LogP contribution in [0.3, 0.4) is 0 Å². The van der Waals surface area contributed by atoms with Gasteiger partial charge >= 0.3 is 17.9 Å². The molecule has 0 radical (unpaired) electrons. The van der Waals surface area contributed by atoms with Gasteiger partial charge in [0.2, 0.25) is 0 Å². The molecule has 0 amide bonds. The van der Waals surface area contributed by atoms with Crippen LogP contribution in [0.15, 0.2) is 134 Å². The third-order valence-corrected chi connectivity index (χ3v) is 14.1.